The van der Waals surface area contributed by atoms with Gasteiger partial charge < -0.3 is 10.5 Å². The molecule has 2 rings (SSSR count). The molecule has 21 heavy (non-hydrogen) atoms. The Kier molecular flexibility index (Phi) is 4.69. The maximum absolute atomic E-state index is 11.8. The van der Waals surface area contributed by atoms with Crippen LogP contribution in [0.3, 0.4) is 0 Å². The molecule has 0 saturated carbocycles. The molecule has 0 aliphatic rings. The predicted molar refractivity (Wildman–Crippen MR) is 79.5 cm³/mol. The van der Waals surface area contributed by atoms with E-state index in [4.69, 9.17) is 10.5 Å². The van der Waals surface area contributed by atoms with E-state index < -0.39 is 5.97 Å². The van der Waals surface area contributed by atoms with Crippen LogP contribution in [0.1, 0.15) is 23.7 Å². The maximum Gasteiger partial charge on any atom is 0.343 e. The van der Waals surface area contributed by atoms with Crippen molar-refractivity contribution in [2.75, 3.05) is 12.8 Å². The van der Waals surface area contributed by atoms with Gasteiger partial charge in [0.2, 0.25) is 0 Å². The van der Waals surface area contributed by atoms with Gasteiger partial charge in [-0.05, 0) is 36.4 Å². The molecule has 2 aromatic rings. The summed E-state index contributed by atoms with van der Waals surface area (Å²) >= 11 is 1.22. The Morgan fingerprint density at radius 1 is 1.52 bits per heavy atom. The first-order valence-corrected chi connectivity index (χ1v) is 7.19. The van der Waals surface area contributed by atoms with Crippen LogP contribution in [0.15, 0.2) is 33.0 Å². The molecule has 0 radical (unpaired) electrons. The Bertz CT molecular complexity index is 708. The summed E-state index contributed by atoms with van der Waals surface area (Å²) in [5.41, 5.74) is 6.25. The fourth-order valence-electron chi connectivity index (χ4n) is 1.81. The molecule has 7 nitrogen and oxygen atoms in total. The van der Waals surface area contributed by atoms with Gasteiger partial charge in [-0.2, -0.15) is 0 Å². The van der Waals surface area contributed by atoms with E-state index in [1.54, 1.807) is 18.2 Å². The Labute approximate surface area is 125 Å². The second-order valence-corrected chi connectivity index (χ2v) is 5.32. The number of aromatic amines is 1. The molecule has 0 spiro atoms. The van der Waals surface area contributed by atoms with E-state index in [0.29, 0.717) is 27.8 Å². The molecular formula is C13H16N4O3S. The molecule has 0 atom stereocenters. The number of carbonyl (C=O) groups is 1. The summed E-state index contributed by atoms with van der Waals surface area (Å²) < 4.78 is 6.28. The summed E-state index contributed by atoms with van der Waals surface area (Å²) in [6, 6.07) is 4.94. The lowest BCUT2D eigenvalue weighted by Crippen LogP contribution is -2.17. The van der Waals surface area contributed by atoms with Crippen molar-refractivity contribution in [3.8, 4) is 0 Å². The van der Waals surface area contributed by atoms with E-state index >= 15 is 0 Å². The van der Waals surface area contributed by atoms with Crippen molar-refractivity contribution >= 4 is 23.4 Å². The van der Waals surface area contributed by atoms with Crippen LogP contribution in [-0.4, -0.2) is 27.8 Å². The summed E-state index contributed by atoms with van der Waals surface area (Å²) in [6.45, 7) is 2.52. The Morgan fingerprint density at radius 3 is 2.95 bits per heavy atom. The smallest absolute Gasteiger partial charge is 0.343 e. The Hall–Kier alpha value is -2.22. The van der Waals surface area contributed by atoms with Gasteiger partial charge in [0.1, 0.15) is 0 Å². The number of rotatable bonds is 5. The number of nitrogens with one attached hydrogen (secondary N) is 1. The van der Waals surface area contributed by atoms with Gasteiger partial charge in [0.15, 0.2) is 5.16 Å². The largest absolute Gasteiger partial charge is 0.465 e. The van der Waals surface area contributed by atoms with Crippen molar-refractivity contribution in [2.45, 2.75) is 29.9 Å². The van der Waals surface area contributed by atoms with Crippen molar-refractivity contribution in [2.24, 2.45) is 0 Å². The first kappa shape index (κ1) is 15.2. The molecule has 3 N–H and O–H groups in total. The number of benzene rings is 1. The van der Waals surface area contributed by atoms with E-state index in [0.717, 1.165) is 6.42 Å². The van der Waals surface area contributed by atoms with Crippen LogP contribution in [0.4, 0.5) is 5.69 Å². The molecule has 1 aromatic carbocycles. The minimum absolute atomic E-state index is 0.269. The zero-order valence-corrected chi connectivity index (χ0v) is 12.6. The van der Waals surface area contributed by atoms with E-state index in [2.05, 4.69) is 10.2 Å². The van der Waals surface area contributed by atoms with Gasteiger partial charge in [0, 0.05) is 17.1 Å². The van der Waals surface area contributed by atoms with Crippen LogP contribution in [0, 0.1) is 0 Å². The molecule has 0 amide bonds. The highest BCUT2D eigenvalue weighted by molar-refractivity contribution is 7.99. The lowest BCUT2D eigenvalue weighted by molar-refractivity contribution is 0.0597. The number of aromatic nitrogens is 3. The number of esters is 1. The summed E-state index contributed by atoms with van der Waals surface area (Å²) in [5.74, 6) is -0.482. The first-order valence-electron chi connectivity index (χ1n) is 6.37. The fourth-order valence-corrected chi connectivity index (χ4v) is 2.77. The lowest BCUT2D eigenvalue weighted by atomic mass is 10.2. The van der Waals surface area contributed by atoms with Crippen molar-refractivity contribution in [1.29, 1.82) is 0 Å². The minimum Gasteiger partial charge on any atom is -0.465 e. The zero-order valence-electron chi connectivity index (χ0n) is 11.8. The highest BCUT2D eigenvalue weighted by Gasteiger charge is 2.16. The van der Waals surface area contributed by atoms with Gasteiger partial charge >= 0.3 is 11.7 Å². The standard InChI is InChI=1S/C13H16N4O3S/c1-3-6-17-12(19)15-16-13(17)21-10-5-4-8(14)7-9(10)11(18)20-2/h4-5,7H,3,6,14H2,1-2H3,(H,15,19). The van der Waals surface area contributed by atoms with Gasteiger partial charge in [-0.15, -0.1) is 5.10 Å². The zero-order chi connectivity index (χ0) is 15.4. The predicted octanol–water partition coefficient (Wildman–Crippen LogP) is 1.50. The lowest BCUT2D eigenvalue weighted by Gasteiger charge is -2.08. The van der Waals surface area contributed by atoms with Crippen LogP contribution in [0.2, 0.25) is 0 Å². The highest BCUT2D eigenvalue weighted by atomic mass is 32.2. The number of carbonyl (C=O) groups excluding carboxylic acids is 1. The summed E-state index contributed by atoms with van der Waals surface area (Å²) in [5, 5.41) is 6.89. The number of ether oxygens (including phenoxy) is 1. The molecule has 8 heteroatoms. The number of nitrogens with zero attached hydrogens (tertiary/aromatic N) is 2. The van der Waals surface area contributed by atoms with Crippen molar-refractivity contribution in [1.82, 2.24) is 14.8 Å². The fraction of sp³-hybridized carbons (Fsp3) is 0.308. The Balaban J connectivity index is 2.40. The van der Waals surface area contributed by atoms with Crippen LogP contribution >= 0.6 is 11.8 Å². The van der Waals surface area contributed by atoms with Gasteiger partial charge in [-0.25, -0.2) is 14.7 Å². The average Bonchev–Trinajstić information content (AvgIpc) is 2.81. The molecule has 0 saturated heterocycles. The SMILES string of the molecule is CCCn1c(Sc2ccc(N)cc2C(=O)OC)n[nH]c1=O. The van der Waals surface area contributed by atoms with Gasteiger partial charge in [-0.3, -0.25) is 4.57 Å². The maximum atomic E-state index is 11.8. The van der Waals surface area contributed by atoms with Gasteiger partial charge in [0.25, 0.3) is 0 Å². The first-order chi connectivity index (χ1) is 10.1. The molecule has 0 aliphatic carbocycles. The normalized spacial score (nSPS) is 10.6. The van der Waals surface area contributed by atoms with Crippen molar-refractivity contribution < 1.29 is 9.53 Å². The molecule has 0 fully saturated rings. The number of H-pyrrole nitrogens is 1. The minimum atomic E-state index is -0.482. The van der Waals surface area contributed by atoms with Crippen molar-refractivity contribution in [3.63, 3.8) is 0 Å². The molecule has 0 aliphatic heterocycles. The number of methoxy groups -OCH3 is 1. The number of nitrogens with two attached hydrogens (primary N) is 1. The van der Waals surface area contributed by atoms with Crippen LogP contribution < -0.4 is 11.4 Å². The van der Waals surface area contributed by atoms with Crippen LogP contribution in [0.25, 0.3) is 0 Å². The van der Waals surface area contributed by atoms with E-state index in [9.17, 15) is 9.59 Å². The molecule has 1 aromatic heterocycles. The number of hydrogen-bond donors (Lipinski definition) is 2. The number of anilines is 1. The van der Waals surface area contributed by atoms with Crippen molar-refractivity contribution in [3.05, 3.63) is 34.2 Å². The summed E-state index contributed by atoms with van der Waals surface area (Å²) in [4.78, 5) is 24.1. The summed E-state index contributed by atoms with van der Waals surface area (Å²) in [6.07, 6.45) is 0.804. The van der Waals surface area contributed by atoms with Crippen LogP contribution in [0.5, 0.6) is 0 Å². The van der Waals surface area contributed by atoms with Gasteiger partial charge in [0.05, 0.1) is 12.7 Å². The van der Waals surface area contributed by atoms with Crippen LogP contribution in [-0.2, 0) is 11.3 Å². The quantitative estimate of drug-likeness (QED) is 0.641. The summed E-state index contributed by atoms with van der Waals surface area (Å²) in [7, 11) is 1.31. The second kappa shape index (κ2) is 6.49. The third-order valence-corrected chi connectivity index (χ3v) is 3.85. The molecular weight excluding hydrogens is 292 g/mol. The van der Waals surface area contributed by atoms with E-state index in [1.165, 1.54) is 23.4 Å². The Morgan fingerprint density at radius 2 is 2.29 bits per heavy atom. The molecule has 0 bridgehead atoms. The molecule has 112 valence electrons. The molecule has 1 heterocycles. The average molecular weight is 308 g/mol. The number of hydrogen-bond acceptors (Lipinski definition) is 6. The van der Waals surface area contributed by atoms with E-state index in [1.807, 2.05) is 6.92 Å². The topological polar surface area (TPSA) is 103 Å². The monoisotopic (exact) mass is 308 g/mol. The third kappa shape index (κ3) is 3.27. The third-order valence-electron chi connectivity index (χ3n) is 2.78. The van der Waals surface area contributed by atoms with E-state index in [-0.39, 0.29) is 5.69 Å². The van der Waals surface area contributed by atoms with Gasteiger partial charge in [-0.1, -0.05) is 6.92 Å². The highest BCUT2D eigenvalue weighted by Crippen LogP contribution is 2.30. The molecule has 0 unspecified atom stereocenters. The second-order valence-electron chi connectivity index (χ2n) is 4.31. The number of nitrogen functional groups attached to an aromatic ring is 1.